The number of methoxy groups -OCH3 is 1. The normalized spacial score (nSPS) is 16.2. The van der Waals surface area contributed by atoms with Gasteiger partial charge in [-0.3, -0.25) is 9.59 Å². The van der Waals surface area contributed by atoms with E-state index in [2.05, 4.69) is 20.4 Å². The standard InChI is InChI=1S/C15H13N3O4S/c1-22-14(21)11-7-16-15(23-11)18-13(20)9-6-12(19)17-10-5-3-2-4-8(9)10/h2-5,7,9H,6H2,1H3,(H,17,19)(H,16,18,20)/t9-/m1/s1. The van der Waals surface area contributed by atoms with Crippen molar-refractivity contribution in [2.24, 2.45) is 0 Å². The Bertz CT molecular complexity index is 787. The third kappa shape index (κ3) is 3.07. The summed E-state index contributed by atoms with van der Waals surface area (Å²) in [5.74, 6) is -1.65. The van der Waals surface area contributed by atoms with E-state index in [-0.39, 0.29) is 18.2 Å². The van der Waals surface area contributed by atoms with Crippen LogP contribution in [-0.2, 0) is 14.3 Å². The van der Waals surface area contributed by atoms with E-state index in [1.54, 1.807) is 18.2 Å². The Hall–Kier alpha value is -2.74. The molecule has 1 atom stereocenters. The topological polar surface area (TPSA) is 97.4 Å². The van der Waals surface area contributed by atoms with E-state index < -0.39 is 11.9 Å². The number of aromatic nitrogens is 1. The number of anilines is 2. The smallest absolute Gasteiger partial charge is 0.349 e. The zero-order valence-corrected chi connectivity index (χ0v) is 13.0. The summed E-state index contributed by atoms with van der Waals surface area (Å²) in [5.41, 5.74) is 1.40. The number of hydrogen-bond acceptors (Lipinski definition) is 6. The third-order valence-corrected chi connectivity index (χ3v) is 4.33. The van der Waals surface area contributed by atoms with Crippen molar-refractivity contribution in [3.8, 4) is 0 Å². The molecule has 0 saturated heterocycles. The van der Waals surface area contributed by atoms with E-state index in [9.17, 15) is 14.4 Å². The van der Waals surface area contributed by atoms with Gasteiger partial charge in [0.25, 0.3) is 0 Å². The number of thiazole rings is 1. The number of nitrogens with zero attached hydrogens (tertiary/aromatic N) is 1. The summed E-state index contributed by atoms with van der Waals surface area (Å²) >= 11 is 1.02. The number of fused-ring (bicyclic) bond motifs is 1. The number of benzene rings is 1. The number of ether oxygens (including phenoxy) is 1. The summed E-state index contributed by atoms with van der Waals surface area (Å²) in [7, 11) is 1.28. The van der Waals surface area contributed by atoms with Gasteiger partial charge in [0, 0.05) is 12.1 Å². The Balaban J connectivity index is 1.80. The van der Waals surface area contributed by atoms with Crippen molar-refractivity contribution in [1.29, 1.82) is 0 Å². The van der Waals surface area contributed by atoms with Crippen molar-refractivity contribution in [2.75, 3.05) is 17.7 Å². The summed E-state index contributed by atoms with van der Waals surface area (Å²) in [4.78, 5) is 39.9. The number of rotatable bonds is 3. The molecule has 2 N–H and O–H groups in total. The molecule has 2 amide bonds. The van der Waals surface area contributed by atoms with Gasteiger partial charge in [-0.2, -0.15) is 0 Å². The monoisotopic (exact) mass is 331 g/mol. The quantitative estimate of drug-likeness (QED) is 0.838. The summed E-state index contributed by atoms with van der Waals surface area (Å²) in [6, 6.07) is 7.17. The highest BCUT2D eigenvalue weighted by atomic mass is 32.1. The zero-order chi connectivity index (χ0) is 16.4. The van der Waals surface area contributed by atoms with Crippen molar-refractivity contribution < 1.29 is 19.1 Å². The molecule has 3 rings (SSSR count). The summed E-state index contributed by atoms with van der Waals surface area (Å²) in [6.07, 6.45) is 1.41. The highest BCUT2D eigenvalue weighted by Gasteiger charge is 2.31. The average molecular weight is 331 g/mol. The van der Waals surface area contributed by atoms with Crippen LogP contribution in [0.25, 0.3) is 0 Å². The number of carbonyl (C=O) groups excluding carboxylic acids is 3. The van der Waals surface area contributed by atoms with Crippen molar-refractivity contribution in [3.05, 3.63) is 40.9 Å². The molecule has 0 fully saturated rings. The first-order valence-electron chi connectivity index (χ1n) is 6.82. The van der Waals surface area contributed by atoms with E-state index in [1.165, 1.54) is 13.3 Å². The summed E-state index contributed by atoms with van der Waals surface area (Å²) in [5, 5.41) is 5.69. The molecular weight excluding hydrogens is 318 g/mol. The van der Waals surface area contributed by atoms with Crippen LogP contribution in [0, 0.1) is 0 Å². The average Bonchev–Trinajstić information content (AvgIpc) is 3.01. The summed E-state index contributed by atoms with van der Waals surface area (Å²) < 4.78 is 4.60. The Morgan fingerprint density at radius 1 is 1.39 bits per heavy atom. The number of para-hydroxylation sites is 1. The van der Waals surface area contributed by atoms with Crippen LogP contribution in [0.2, 0.25) is 0 Å². The first-order valence-corrected chi connectivity index (χ1v) is 7.64. The minimum atomic E-state index is -0.592. The Morgan fingerprint density at radius 2 is 2.17 bits per heavy atom. The van der Waals surface area contributed by atoms with Gasteiger partial charge in [-0.1, -0.05) is 29.5 Å². The number of amides is 2. The van der Waals surface area contributed by atoms with Crippen LogP contribution in [-0.4, -0.2) is 29.9 Å². The summed E-state index contributed by atoms with van der Waals surface area (Å²) in [6.45, 7) is 0. The van der Waals surface area contributed by atoms with Crippen molar-refractivity contribution >= 4 is 39.9 Å². The fourth-order valence-corrected chi connectivity index (χ4v) is 3.10. The van der Waals surface area contributed by atoms with Gasteiger partial charge < -0.3 is 15.4 Å². The molecule has 2 aromatic rings. The fraction of sp³-hybridized carbons (Fsp3) is 0.200. The van der Waals surface area contributed by atoms with Crippen LogP contribution in [0.1, 0.15) is 27.6 Å². The van der Waals surface area contributed by atoms with Crippen LogP contribution < -0.4 is 10.6 Å². The first kappa shape index (κ1) is 15.2. The second-order valence-electron chi connectivity index (χ2n) is 4.90. The molecule has 0 aliphatic carbocycles. The zero-order valence-electron chi connectivity index (χ0n) is 12.2. The lowest BCUT2D eigenvalue weighted by Crippen LogP contribution is -2.30. The van der Waals surface area contributed by atoms with Crippen molar-refractivity contribution in [3.63, 3.8) is 0 Å². The van der Waals surface area contributed by atoms with Crippen molar-refractivity contribution in [1.82, 2.24) is 4.98 Å². The SMILES string of the molecule is COC(=O)c1cnc(NC(=O)[C@@H]2CC(=O)Nc3ccccc32)s1. The second kappa shape index (κ2) is 6.17. The molecule has 1 aliphatic heterocycles. The molecule has 23 heavy (non-hydrogen) atoms. The number of nitrogens with one attached hydrogen (secondary N) is 2. The Labute approximate surface area is 135 Å². The van der Waals surface area contributed by atoms with E-state index in [1.807, 2.05) is 6.07 Å². The Kier molecular flexibility index (Phi) is 4.07. The highest BCUT2D eigenvalue weighted by molar-refractivity contribution is 7.17. The number of hydrogen-bond donors (Lipinski definition) is 2. The minimum absolute atomic E-state index is 0.0675. The van der Waals surface area contributed by atoms with Crippen LogP contribution in [0.3, 0.4) is 0 Å². The molecule has 2 heterocycles. The molecule has 7 nitrogen and oxygen atoms in total. The van der Waals surface area contributed by atoms with Gasteiger partial charge in [-0.25, -0.2) is 9.78 Å². The predicted octanol–water partition coefficient (Wildman–Crippen LogP) is 1.99. The fourth-order valence-electron chi connectivity index (χ4n) is 2.36. The maximum atomic E-state index is 12.5. The van der Waals surface area contributed by atoms with Crippen LogP contribution >= 0.6 is 11.3 Å². The number of carbonyl (C=O) groups is 3. The minimum Gasteiger partial charge on any atom is -0.465 e. The van der Waals surface area contributed by atoms with Gasteiger partial charge in [-0.05, 0) is 11.6 Å². The van der Waals surface area contributed by atoms with Gasteiger partial charge in [0.05, 0.1) is 19.2 Å². The molecule has 1 aromatic heterocycles. The molecule has 0 radical (unpaired) electrons. The molecular formula is C15H13N3O4S. The molecule has 0 bridgehead atoms. The number of esters is 1. The highest BCUT2D eigenvalue weighted by Crippen LogP contribution is 2.33. The second-order valence-corrected chi connectivity index (χ2v) is 5.93. The van der Waals surface area contributed by atoms with Crippen LogP contribution in [0.15, 0.2) is 30.5 Å². The van der Waals surface area contributed by atoms with Gasteiger partial charge in [0.15, 0.2) is 5.13 Å². The largest absolute Gasteiger partial charge is 0.465 e. The lowest BCUT2D eigenvalue weighted by atomic mass is 9.90. The lowest BCUT2D eigenvalue weighted by Gasteiger charge is -2.24. The molecule has 0 spiro atoms. The van der Waals surface area contributed by atoms with Crippen molar-refractivity contribution in [2.45, 2.75) is 12.3 Å². The van der Waals surface area contributed by atoms with Gasteiger partial charge in [0.2, 0.25) is 11.8 Å². The Morgan fingerprint density at radius 3 is 2.96 bits per heavy atom. The van der Waals surface area contributed by atoms with E-state index in [4.69, 9.17) is 0 Å². The molecule has 118 valence electrons. The molecule has 1 aromatic carbocycles. The van der Waals surface area contributed by atoms with Gasteiger partial charge in [0.1, 0.15) is 4.88 Å². The molecule has 0 saturated carbocycles. The first-order chi connectivity index (χ1) is 11.1. The maximum Gasteiger partial charge on any atom is 0.349 e. The van der Waals surface area contributed by atoms with Gasteiger partial charge >= 0.3 is 5.97 Å². The molecule has 1 aliphatic rings. The van der Waals surface area contributed by atoms with Gasteiger partial charge in [-0.15, -0.1) is 0 Å². The van der Waals surface area contributed by atoms with Crippen LogP contribution in [0.4, 0.5) is 10.8 Å². The third-order valence-electron chi connectivity index (χ3n) is 3.44. The molecule has 0 unspecified atom stereocenters. The predicted molar refractivity (Wildman–Crippen MR) is 84.5 cm³/mol. The molecule has 8 heteroatoms. The lowest BCUT2D eigenvalue weighted by molar-refractivity contribution is -0.123. The van der Waals surface area contributed by atoms with E-state index >= 15 is 0 Å². The maximum absolute atomic E-state index is 12.5. The van der Waals surface area contributed by atoms with E-state index in [0.717, 1.165) is 16.9 Å². The van der Waals surface area contributed by atoms with E-state index in [0.29, 0.717) is 15.7 Å². The van der Waals surface area contributed by atoms with Crippen LogP contribution in [0.5, 0.6) is 0 Å².